The largest absolute Gasteiger partial charge is 0.461 e. The van der Waals surface area contributed by atoms with Gasteiger partial charge >= 0.3 is 0 Å². The molecule has 2 heterocycles. The van der Waals surface area contributed by atoms with Crippen molar-refractivity contribution in [3.8, 4) is 17.7 Å². The molecule has 1 unspecified atom stereocenters. The highest BCUT2D eigenvalue weighted by Gasteiger charge is 2.22. The first kappa shape index (κ1) is 18.6. The molecule has 136 valence electrons. The van der Waals surface area contributed by atoms with Gasteiger partial charge < -0.3 is 9.83 Å². The second-order valence-corrected chi connectivity index (χ2v) is 6.80. The van der Waals surface area contributed by atoms with E-state index in [1.54, 1.807) is 18.4 Å². The van der Waals surface area contributed by atoms with Crippen molar-refractivity contribution in [1.29, 1.82) is 10.7 Å². The lowest BCUT2D eigenvalue weighted by atomic mass is 10.0. The molecule has 0 bridgehead atoms. The molecule has 0 spiro atoms. The van der Waals surface area contributed by atoms with Crippen LogP contribution < -0.4 is 0 Å². The second kappa shape index (κ2) is 8.47. The molecule has 0 saturated heterocycles. The summed E-state index contributed by atoms with van der Waals surface area (Å²) in [5.74, 6) is -0.142. The van der Waals surface area contributed by atoms with Crippen molar-refractivity contribution in [1.82, 2.24) is 14.8 Å². The molecule has 1 aromatic carbocycles. The number of hydrogen-bond acceptors (Lipinski definition) is 7. The van der Waals surface area contributed by atoms with Gasteiger partial charge in [0.05, 0.1) is 24.6 Å². The summed E-state index contributed by atoms with van der Waals surface area (Å²) in [6, 6.07) is 15.3. The molecule has 0 aliphatic rings. The molecular formula is C19H17N5O2S. The number of furan rings is 1. The van der Waals surface area contributed by atoms with Gasteiger partial charge in [0.15, 0.2) is 16.7 Å². The summed E-state index contributed by atoms with van der Waals surface area (Å²) in [6.45, 7) is 1.98. The molecule has 27 heavy (non-hydrogen) atoms. The normalized spacial score (nSPS) is 11.7. The van der Waals surface area contributed by atoms with E-state index in [2.05, 4.69) is 10.2 Å². The third-order valence-electron chi connectivity index (χ3n) is 3.87. The molecule has 7 nitrogen and oxygen atoms in total. The zero-order valence-corrected chi connectivity index (χ0v) is 15.4. The third-order valence-corrected chi connectivity index (χ3v) is 4.86. The Hall–Kier alpha value is -3.18. The number of Topliss-reactive ketones (excluding diaryl/α,β-unsaturated/α-hetero) is 1. The number of aromatic nitrogens is 3. The highest BCUT2D eigenvalue weighted by atomic mass is 32.2. The molecule has 0 fully saturated rings. The zero-order chi connectivity index (χ0) is 19.2. The van der Waals surface area contributed by atoms with Crippen LogP contribution in [0.4, 0.5) is 0 Å². The molecule has 8 heteroatoms. The Morgan fingerprint density at radius 1 is 1.30 bits per heavy atom. The predicted molar refractivity (Wildman–Crippen MR) is 102 cm³/mol. The van der Waals surface area contributed by atoms with E-state index in [9.17, 15) is 4.79 Å². The number of nitrogens with one attached hydrogen (secondary N) is 1. The van der Waals surface area contributed by atoms with Crippen LogP contribution in [-0.4, -0.2) is 32.0 Å². The lowest BCUT2D eigenvalue weighted by molar-refractivity contribution is -0.117. The number of rotatable bonds is 8. The summed E-state index contributed by atoms with van der Waals surface area (Å²) >= 11 is 1.20. The Kier molecular flexibility index (Phi) is 5.84. The van der Waals surface area contributed by atoms with Crippen LogP contribution in [0.5, 0.6) is 0 Å². The Labute approximate surface area is 160 Å². The van der Waals surface area contributed by atoms with Gasteiger partial charge in [0.2, 0.25) is 5.82 Å². The maximum atomic E-state index is 12.2. The minimum absolute atomic E-state index is 0.0412. The smallest absolute Gasteiger partial charge is 0.200 e. The first-order valence-electron chi connectivity index (χ1n) is 8.21. The van der Waals surface area contributed by atoms with Gasteiger partial charge in [0, 0.05) is 5.71 Å². The molecule has 0 radical (unpaired) electrons. The number of hydrogen-bond donors (Lipinski definition) is 1. The summed E-state index contributed by atoms with van der Waals surface area (Å²) in [5.41, 5.74) is 1.11. The molecule has 3 aromatic rings. The van der Waals surface area contributed by atoms with E-state index < -0.39 is 5.92 Å². The summed E-state index contributed by atoms with van der Waals surface area (Å²) in [6.07, 6.45) is 1.57. The Bertz CT molecular complexity index is 973. The zero-order valence-electron chi connectivity index (χ0n) is 14.6. The van der Waals surface area contributed by atoms with Gasteiger partial charge in [-0.1, -0.05) is 42.1 Å². The van der Waals surface area contributed by atoms with Crippen molar-refractivity contribution in [2.75, 3.05) is 5.75 Å². The summed E-state index contributed by atoms with van der Waals surface area (Å²) in [4.78, 5) is 12.2. The number of carbonyl (C=O) groups is 1. The number of ketones is 1. The molecule has 2 aromatic heterocycles. The van der Waals surface area contributed by atoms with Crippen molar-refractivity contribution < 1.29 is 9.21 Å². The van der Waals surface area contributed by atoms with E-state index in [0.717, 1.165) is 5.56 Å². The Morgan fingerprint density at radius 2 is 2.07 bits per heavy atom. The van der Waals surface area contributed by atoms with Crippen LogP contribution >= 0.6 is 11.8 Å². The van der Waals surface area contributed by atoms with Crippen molar-refractivity contribution in [3.63, 3.8) is 0 Å². The fraction of sp³-hybridized carbons (Fsp3) is 0.211. The van der Waals surface area contributed by atoms with Gasteiger partial charge in [-0.2, -0.15) is 5.26 Å². The van der Waals surface area contributed by atoms with Crippen molar-refractivity contribution in [2.24, 2.45) is 5.92 Å². The molecule has 0 saturated carbocycles. The second-order valence-electron chi connectivity index (χ2n) is 5.86. The van der Waals surface area contributed by atoms with E-state index in [1.807, 2.05) is 41.0 Å². The SMILES string of the molecule is CC(=N)C(C#N)C(=O)CSc1nnc(-c2ccco2)n1Cc1ccccc1. The van der Waals surface area contributed by atoms with E-state index in [-0.39, 0.29) is 17.2 Å². The number of carbonyl (C=O) groups excluding carboxylic acids is 1. The predicted octanol–water partition coefficient (Wildman–Crippen LogP) is 3.43. The average Bonchev–Trinajstić information content (AvgIpc) is 3.31. The van der Waals surface area contributed by atoms with Gasteiger partial charge in [0.25, 0.3) is 0 Å². The van der Waals surface area contributed by atoms with Crippen LogP contribution in [0.1, 0.15) is 12.5 Å². The lowest BCUT2D eigenvalue weighted by Crippen LogP contribution is -2.21. The first-order valence-corrected chi connectivity index (χ1v) is 9.20. The maximum Gasteiger partial charge on any atom is 0.200 e. The molecule has 3 rings (SSSR count). The monoisotopic (exact) mass is 379 g/mol. The quantitative estimate of drug-likeness (QED) is 0.474. The number of nitrogens with zero attached hydrogens (tertiary/aromatic N) is 4. The number of benzene rings is 1. The van der Waals surface area contributed by atoms with Crippen molar-refractivity contribution in [3.05, 3.63) is 54.3 Å². The van der Waals surface area contributed by atoms with E-state index in [1.165, 1.54) is 18.7 Å². The van der Waals surface area contributed by atoms with Crippen LogP contribution in [0.2, 0.25) is 0 Å². The Balaban J connectivity index is 1.86. The Morgan fingerprint density at radius 3 is 2.70 bits per heavy atom. The highest BCUT2D eigenvalue weighted by molar-refractivity contribution is 7.99. The van der Waals surface area contributed by atoms with Gasteiger partial charge in [0.1, 0.15) is 5.92 Å². The van der Waals surface area contributed by atoms with Gasteiger partial charge in [-0.25, -0.2) is 0 Å². The molecule has 1 N–H and O–H groups in total. The fourth-order valence-electron chi connectivity index (χ4n) is 2.52. The summed E-state index contributed by atoms with van der Waals surface area (Å²) < 4.78 is 7.33. The highest BCUT2D eigenvalue weighted by Crippen LogP contribution is 2.26. The van der Waals surface area contributed by atoms with Crippen LogP contribution in [0.3, 0.4) is 0 Å². The van der Waals surface area contributed by atoms with E-state index >= 15 is 0 Å². The number of nitriles is 1. The standard InChI is InChI=1S/C19H17N5O2S/c1-13(21)15(10-20)16(25)12-27-19-23-22-18(17-8-5-9-26-17)24(19)11-14-6-3-2-4-7-14/h2-9,15,21H,11-12H2,1H3. The molecule has 1 atom stereocenters. The lowest BCUT2D eigenvalue weighted by Gasteiger charge is -2.10. The van der Waals surface area contributed by atoms with Crippen LogP contribution in [0.25, 0.3) is 11.6 Å². The van der Waals surface area contributed by atoms with Gasteiger partial charge in [-0.3, -0.25) is 9.36 Å². The summed E-state index contributed by atoms with van der Waals surface area (Å²) in [5, 5.41) is 25.6. The van der Waals surface area contributed by atoms with Crippen LogP contribution in [0, 0.1) is 22.7 Å². The molecule has 0 aliphatic heterocycles. The summed E-state index contributed by atoms with van der Waals surface area (Å²) in [7, 11) is 0. The van der Waals surface area contributed by atoms with Crippen molar-refractivity contribution in [2.45, 2.75) is 18.6 Å². The topological polar surface area (TPSA) is 109 Å². The molecule has 0 amide bonds. The average molecular weight is 379 g/mol. The van der Waals surface area contributed by atoms with E-state index in [0.29, 0.717) is 23.3 Å². The third kappa shape index (κ3) is 4.33. The van der Waals surface area contributed by atoms with Crippen molar-refractivity contribution >= 4 is 23.3 Å². The van der Waals surface area contributed by atoms with Crippen LogP contribution in [-0.2, 0) is 11.3 Å². The number of thioether (sulfide) groups is 1. The first-order chi connectivity index (χ1) is 13.1. The molecular weight excluding hydrogens is 362 g/mol. The minimum Gasteiger partial charge on any atom is -0.461 e. The minimum atomic E-state index is -1.02. The van der Waals surface area contributed by atoms with E-state index in [4.69, 9.17) is 15.1 Å². The molecule has 0 aliphatic carbocycles. The van der Waals surface area contributed by atoms with Gasteiger partial charge in [-0.05, 0) is 24.6 Å². The van der Waals surface area contributed by atoms with Gasteiger partial charge in [-0.15, -0.1) is 10.2 Å². The maximum absolute atomic E-state index is 12.2. The van der Waals surface area contributed by atoms with Crippen LogP contribution in [0.15, 0.2) is 58.3 Å². The fourth-order valence-corrected chi connectivity index (χ4v) is 3.36.